The Morgan fingerprint density at radius 1 is 0.871 bits per heavy atom. The third-order valence-corrected chi connectivity index (χ3v) is 5.08. The summed E-state index contributed by atoms with van der Waals surface area (Å²) in [5, 5.41) is 4.04. The largest absolute Gasteiger partial charge is 0.458 e. The molecular formula is C25H19NO5. The Kier molecular flexibility index (Phi) is 5.10. The minimum Gasteiger partial charge on any atom is -0.458 e. The van der Waals surface area contributed by atoms with Crippen LogP contribution in [0.3, 0.4) is 0 Å². The minimum atomic E-state index is -0.511. The van der Waals surface area contributed by atoms with E-state index in [9.17, 15) is 4.79 Å². The van der Waals surface area contributed by atoms with Crippen LogP contribution in [0.2, 0.25) is 0 Å². The van der Waals surface area contributed by atoms with E-state index in [0.29, 0.717) is 23.0 Å². The van der Waals surface area contributed by atoms with Crippen molar-refractivity contribution in [3.8, 4) is 22.8 Å². The van der Waals surface area contributed by atoms with E-state index in [2.05, 4.69) is 5.16 Å². The van der Waals surface area contributed by atoms with Gasteiger partial charge in [0.15, 0.2) is 17.3 Å². The van der Waals surface area contributed by atoms with Gasteiger partial charge < -0.3 is 18.7 Å². The fourth-order valence-corrected chi connectivity index (χ4v) is 3.55. The molecule has 0 saturated heterocycles. The summed E-state index contributed by atoms with van der Waals surface area (Å²) in [5.74, 6) is 1.07. The molecule has 0 saturated carbocycles. The van der Waals surface area contributed by atoms with Crippen LogP contribution >= 0.6 is 0 Å². The average Bonchev–Trinajstić information content (AvgIpc) is 3.48. The van der Waals surface area contributed by atoms with Crippen LogP contribution in [-0.4, -0.2) is 17.9 Å². The maximum atomic E-state index is 13.0. The Morgan fingerprint density at radius 3 is 2.26 bits per heavy atom. The molecule has 6 heteroatoms. The van der Waals surface area contributed by atoms with Crippen LogP contribution < -0.4 is 9.47 Å². The highest BCUT2D eigenvalue weighted by Gasteiger charge is 2.24. The molecule has 0 aliphatic carbocycles. The maximum Gasteiger partial charge on any atom is 0.318 e. The average molecular weight is 413 g/mol. The third-order valence-electron chi connectivity index (χ3n) is 5.08. The van der Waals surface area contributed by atoms with Crippen LogP contribution in [0, 0.1) is 0 Å². The Labute approximate surface area is 179 Å². The Morgan fingerprint density at radius 2 is 1.55 bits per heavy atom. The summed E-state index contributed by atoms with van der Waals surface area (Å²) in [6.45, 7) is 0.226. The van der Waals surface area contributed by atoms with E-state index < -0.39 is 5.92 Å². The van der Waals surface area contributed by atoms with Gasteiger partial charge in [-0.25, -0.2) is 0 Å². The second-order valence-electron chi connectivity index (χ2n) is 7.11. The number of benzene rings is 3. The summed E-state index contributed by atoms with van der Waals surface area (Å²) in [4.78, 5) is 13.0. The lowest BCUT2D eigenvalue weighted by Gasteiger charge is -2.16. The fraction of sp³-hybridized carbons (Fsp3) is 0.120. The van der Waals surface area contributed by atoms with Gasteiger partial charge in [-0.3, -0.25) is 4.79 Å². The zero-order valence-corrected chi connectivity index (χ0v) is 16.6. The zero-order valence-electron chi connectivity index (χ0n) is 16.6. The van der Waals surface area contributed by atoms with Crippen molar-refractivity contribution in [1.29, 1.82) is 0 Å². The molecule has 5 rings (SSSR count). The summed E-state index contributed by atoms with van der Waals surface area (Å²) < 4.78 is 21.8. The third kappa shape index (κ3) is 4.00. The van der Waals surface area contributed by atoms with Gasteiger partial charge in [-0.15, -0.1) is 0 Å². The van der Waals surface area contributed by atoms with Crippen molar-refractivity contribution in [2.75, 3.05) is 6.79 Å². The summed E-state index contributed by atoms with van der Waals surface area (Å²) in [5.41, 5.74) is 3.08. The molecule has 0 spiro atoms. The van der Waals surface area contributed by atoms with Crippen molar-refractivity contribution in [1.82, 2.24) is 5.16 Å². The van der Waals surface area contributed by atoms with Crippen molar-refractivity contribution >= 4 is 5.97 Å². The van der Waals surface area contributed by atoms with Gasteiger partial charge in [0, 0.05) is 11.6 Å². The van der Waals surface area contributed by atoms with Crippen molar-refractivity contribution in [2.45, 2.75) is 12.5 Å². The van der Waals surface area contributed by atoms with E-state index in [0.717, 1.165) is 16.7 Å². The predicted octanol–water partition coefficient (Wildman–Crippen LogP) is 4.95. The van der Waals surface area contributed by atoms with Gasteiger partial charge in [0.25, 0.3) is 0 Å². The number of aromatic nitrogens is 1. The van der Waals surface area contributed by atoms with Crippen LogP contribution in [0.1, 0.15) is 22.7 Å². The van der Waals surface area contributed by atoms with Gasteiger partial charge >= 0.3 is 5.97 Å². The molecule has 0 bridgehead atoms. The number of rotatable bonds is 6. The molecule has 3 aromatic carbocycles. The Bertz CT molecular complexity index is 1150. The molecule has 1 aliphatic rings. The molecular weight excluding hydrogens is 394 g/mol. The molecule has 0 fully saturated rings. The van der Waals surface area contributed by atoms with Crippen LogP contribution in [0.5, 0.6) is 11.5 Å². The van der Waals surface area contributed by atoms with Gasteiger partial charge in [-0.05, 0) is 29.3 Å². The highest BCUT2D eigenvalue weighted by Crippen LogP contribution is 2.36. The van der Waals surface area contributed by atoms with Crippen molar-refractivity contribution < 1.29 is 23.5 Å². The number of fused-ring (bicyclic) bond motifs is 1. The first-order valence-corrected chi connectivity index (χ1v) is 9.90. The molecule has 2 heterocycles. The normalized spacial score (nSPS) is 12.2. The van der Waals surface area contributed by atoms with Crippen LogP contribution in [0.4, 0.5) is 0 Å². The fourth-order valence-electron chi connectivity index (χ4n) is 3.55. The molecule has 31 heavy (non-hydrogen) atoms. The molecule has 0 radical (unpaired) electrons. The van der Waals surface area contributed by atoms with Gasteiger partial charge in [0.05, 0.1) is 0 Å². The van der Waals surface area contributed by atoms with Crippen LogP contribution in [0.15, 0.2) is 89.5 Å². The standard InChI is InChI=1S/C25H19NO5/c27-25(24(17-7-3-1-4-8-17)18-9-5-2-6-10-18)28-15-20-14-22(31-26-20)19-11-12-21-23(13-19)30-16-29-21/h1-14,24H,15-16H2. The molecule has 0 amide bonds. The molecule has 154 valence electrons. The Balaban J connectivity index is 1.31. The highest BCUT2D eigenvalue weighted by atomic mass is 16.7. The summed E-state index contributed by atoms with van der Waals surface area (Å²) in [6, 6.07) is 26.5. The minimum absolute atomic E-state index is 0.0169. The highest BCUT2D eigenvalue weighted by molar-refractivity contribution is 5.82. The van der Waals surface area contributed by atoms with E-state index in [1.54, 1.807) is 6.07 Å². The molecule has 0 unspecified atom stereocenters. The smallest absolute Gasteiger partial charge is 0.318 e. The topological polar surface area (TPSA) is 70.8 Å². The van der Waals surface area contributed by atoms with Crippen LogP contribution in [0.25, 0.3) is 11.3 Å². The number of carbonyl (C=O) groups is 1. The van der Waals surface area contributed by atoms with E-state index in [1.807, 2.05) is 78.9 Å². The molecule has 0 atom stereocenters. The second-order valence-corrected chi connectivity index (χ2v) is 7.11. The number of esters is 1. The van der Waals surface area contributed by atoms with Crippen molar-refractivity contribution in [3.63, 3.8) is 0 Å². The number of hydrogen-bond donors (Lipinski definition) is 0. The lowest BCUT2D eigenvalue weighted by molar-refractivity contribution is -0.145. The number of nitrogens with zero attached hydrogens (tertiary/aromatic N) is 1. The second kappa shape index (κ2) is 8.36. The maximum absolute atomic E-state index is 13.0. The van der Waals surface area contributed by atoms with E-state index >= 15 is 0 Å². The summed E-state index contributed by atoms with van der Waals surface area (Å²) >= 11 is 0. The first kappa shape index (κ1) is 18.9. The van der Waals surface area contributed by atoms with E-state index in [-0.39, 0.29) is 19.4 Å². The van der Waals surface area contributed by atoms with E-state index in [4.69, 9.17) is 18.7 Å². The van der Waals surface area contributed by atoms with Crippen molar-refractivity contribution in [3.05, 3.63) is 102 Å². The summed E-state index contributed by atoms with van der Waals surface area (Å²) in [6.07, 6.45) is 0. The molecule has 0 N–H and O–H groups in total. The number of hydrogen-bond acceptors (Lipinski definition) is 6. The predicted molar refractivity (Wildman–Crippen MR) is 113 cm³/mol. The monoisotopic (exact) mass is 413 g/mol. The SMILES string of the molecule is O=C(OCc1cc(-c2ccc3c(c2)OCO3)on1)C(c1ccccc1)c1ccccc1. The number of carbonyl (C=O) groups excluding carboxylic acids is 1. The molecule has 1 aliphatic heterocycles. The lowest BCUT2D eigenvalue weighted by atomic mass is 9.91. The molecule has 1 aromatic heterocycles. The Hall–Kier alpha value is -4.06. The van der Waals surface area contributed by atoms with Crippen molar-refractivity contribution in [2.24, 2.45) is 0 Å². The first-order chi connectivity index (χ1) is 15.3. The summed E-state index contributed by atoms with van der Waals surface area (Å²) in [7, 11) is 0. The first-order valence-electron chi connectivity index (χ1n) is 9.90. The zero-order chi connectivity index (χ0) is 21.0. The number of ether oxygens (including phenoxy) is 3. The molecule has 4 aromatic rings. The van der Waals surface area contributed by atoms with Gasteiger partial charge in [0.1, 0.15) is 18.2 Å². The lowest BCUT2D eigenvalue weighted by Crippen LogP contribution is -2.17. The van der Waals surface area contributed by atoms with Gasteiger partial charge in [-0.1, -0.05) is 65.8 Å². The molecule has 6 nitrogen and oxygen atoms in total. The van der Waals surface area contributed by atoms with E-state index in [1.165, 1.54) is 0 Å². The quantitative estimate of drug-likeness (QED) is 0.417. The van der Waals surface area contributed by atoms with Gasteiger partial charge in [-0.2, -0.15) is 0 Å². The van der Waals surface area contributed by atoms with Gasteiger partial charge in [0.2, 0.25) is 6.79 Å². The van der Waals surface area contributed by atoms with Crippen LogP contribution in [-0.2, 0) is 16.1 Å².